The van der Waals surface area contributed by atoms with Crippen molar-refractivity contribution in [1.82, 2.24) is 0 Å². The second kappa shape index (κ2) is 11.3. The number of phenols is 3. The highest BCUT2D eigenvalue weighted by Crippen LogP contribution is 2.50. The summed E-state index contributed by atoms with van der Waals surface area (Å²) < 4.78 is 22.1. The minimum atomic E-state index is -1.98. The third-order valence-corrected chi connectivity index (χ3v) is 7.62. The molecule has 9 unspecified atom stereocenters. The van der Waals surface area contributed by atoms with Crippen LogP contribution in [0.4, 0.5) is 0 Å². The molecule has 0 saturated carbocycles. The lowest BCUT2D eigenvalue weighted by atomic mass is 9.85. The Kier molecular flexibility index (Phi) is 8.06. The van der Waals surface area contributed by atoms with Gasteiger partial charge in [0, 0.05) is 11.6 Å². The van der Waals surface area contributed by atoms with Crippen LogP contribution in [0.15, 0.2) is 33.5 Å². The summed E-state index contributed by atoms with van der Waals surface area (Å²) in [7, 11) is 1.29. The molecule has 9 atom stereocenters. The molecule has 1 aromatic heterocycles. The zero-order chi connectivity index (χ0) is 30.6. The van der Waals surface area contributed by atoms with E-state index >= 15 is 0 Å². The zero-order valence-electron chi connectivity index (χ0n) is 21.9. The normalized spacial score (nSPS) is 31.8. The topological polar surface area (TPSA) is 260 Å². The summed E-state index contributed by atoms with van der Waals surface area (Å²) in [5, 5.41) is 104. The van der Waals surface area contributed by atoms with Gasteiger partial charge in [-0.3, -0.25) is 4.79 Å². The van der Waals surface area contributed by atoms with Crippen LogP contribution in [0.3, 0.4) is 0 Å². The van der Waals surface area contributed by atoms with E-state index in [9.17, 15) is 55.9 Å². The van der Waals surface area contributed by atoms with Gasteiger partial charge in [0.15, 0.2) is 22.5 Å². The number of rotatable bonds is 5. The van der Waals surface area contributed by atoms with Gasteiger partial charge in [-0.15, -0.1) is 0 Å². The summed E-state index contributed by atoms with van der Waals surface area (Å²) in [5.74, 6) is -2.22. The van der Waals surface area contributed by atoms with Crippen LogP contribution in [0.25, 0.3) is 22.3 Å². The second-order valence-electron chi connectivity index (χ2n) is 10.1. The van der Waals surface area contributed by atoms with E-state index in [1.807, 2.05) is 0 Å². The Balaban J connectivity index is 1.82. The van der Waals surface area contributed by atoms with E-state index in [0.29, 0.717) is 0 Å². The molecule has 0 bridgehead atoms. The van der Waals surface area contributed by atoms with Crippen LogP contribution >= 0.6 is 0 Å². The van der Waals surface area contributed by atoms with Gasteiger partial charge < -0.3 is 69.7 Å². The van der Waals surface area contributed by atoms with Gasteiger partial charge in [-0.1, -0.05) is 0 Å². The third-order valence-electron chi connectivity index (χ3n) is 7.62. The predicted molar refractivity (Wildman–Crippen MR) is 139 cm³/mol. The van der Waals surface area contributed by atoms with Gasteiger partial charge in [0.05, 0.1) is 31.5 Å². The first kappa shape index (κ1) is 30.0. The quantitative estimate of drug-likeness (QED) is 0.157. The summed E-state index contributed by atoms with van der Waals surface area (Å²) >= 11 is 0. The van der Waals surface area contributed by atoms with E-state index in [2.05, 4.69) is 0 Å². The molecule has 0 aliphatic carbocycles. The fourth-order valence-electron chi connectivity index (χ4n) is 5.31. The predicted octanol–water partition coefficient (Wildman–Crippen LogP) is -1.75. The lowest BCUT2D eigenvalue weighted by Crippen LogP contribution is -2.55. The molecule has 228 valence electrons. The largest absolute Gasteiger partial charge is 0.507 e. The number of aliphatic hydroxyl groups excluding tert-OH is 7. The number of benzene rings is 2. The van der Waals surface area contributed by atoms with Crippen molar-refractivity contribution in [3.8, 4) is 34.3 Å². The van der Waals surface area contributed by atoms with Crippen molar-refractivity contribution in [1.29, 1.82) is 0 Å². The summed E-state index contributed by atoms with van der Waals surface area (Å²) in [6.45, 7) is -1.37. The molecule has 0 spiro atoms. The maximum absolute atomic E-state index is 13.5. The minimum absolute atomic E-state index is 0.0228. The fourth-order valence-corrected chi connectivity index (χ4v) is 5.31. The van der Waals surface area contributed by atoms with E-state index in [1.165, 1.54) is 25.3 Å². The van der Waals surface area contributed by atoms with E-state index in [4.69, 9.17) is 18.6 Å². The molecule has 2 fully saturated rings. The molecule has 10 N–H and O–H groups in total. The van der Waals surface area contributed by atoms with Gasteiger partial charge in [-0.25, -0.2) is 0 Å². The molecule has 0 amide bonds. The highest BCUT2D eigenvalue weighted by molar-refractivity contribution is 5.92. The van der Waals surface area contributed by atoms with Crippen LogP contribution in [0.2, 0.25) is 0 Å². The fraction of sp³-hybridized carbons (Fsp3) is 0.444. The smallest absolute Gasteiger partial charge is 0.197 e. The standard InChI is InChI=1S/C27H30O15/c1-39-13-4-8(2-3-9(13)29)12-5-10(30)15-20(34)16(26-23(37)18(32)11(31)7-40-26)21(35)17(25(15)41-12)27-24(38)22(36)19(33)14(6-28)42-27/h2-5,11,14,18-19,22-24,26-29,31-38H,6-7H2,1H3. The number of hydrogen-bond donors (Lipinski definition) is 10. The van der Waals surface area contributed by atoms with Crippen LogP contribution in [0, 0.1) is 0 Å². The van der Waals surface area contributed by atoms with Crippen molar-refractivity contribution < 1.29 is 69.7 Å². The van der Waals surface area contributed by atoms with Crippen molar-refractivity contribution >= 4 is 11.0 Å². The van der Waals surface area contributed by atoms with Crippen LogP contribution in [-0.2, 0) is 9.47 Å². The number of methoxy groups -OCH3 is 1. The Bertz CT molecular complexity index is 1530. The van der Waals surface area contributed by atoms with Crippen molar-refractivity contribution in [3.05, 3.63) is 45.6 Å². The Morgan fingerprint density at radius 3 is 2.21 bits per heavy atom. The number of phenolic OH excluding ortho intramolecular Hbond substituents is 3. The van der Waals surface area contributed by atoms with Crippen LogP contribution in [-0.4, -0.2) is 114 Å². The molecule has 15 heteroatoms. The van der Waals surface area contributed by atoms with Gasteiger partial charge in [-0.2, -0.15) is 0 Å². The Hall–Kier alpha value is -3.51. The molecule has 5 rings (SSSR count). The highest BCUT2D eigenvalue weighted by Gasteiger charge is 2.48. The van der Waals surface area contributed by atoms with E-state index in [1.54, 1.807) is 0 Å². The van der Waals surface area contributed by atoms with Gasteiger partial charge in [0.25, 0.3) is 0 Å². The second-order valence-corrected chi connectivity index (χ2v) is 10.1. The lowest BCUT2D eigenvalue weighted by molar-refractivity contribution is -0.231. The summed E-state index contributed by atoms with van der Waals surface area (Å²) in [6.07, 6.45) is -15.9. The lowest BCUT2D eigenvalue weighted by Gasteiger charge is -2.41. The summed E-state index contributed by atoms with van der Waals surface area (Å²) in [4.78, 5) is 13.5. The van der Waals surface area contributed by atoms with Crippen molar-refractivity contribution in [3.63, 3.8) is 0 Å². The molecule has 2 aliphatic rings. The average molecular weight is 595 g/mol. The Morgan fingerprint density at radius 2 is 1.55 bits per heavy atom. The molecular formula is C27H30O15. The highest BCUT2D eigenvalue weighted by atomic mass is 16.5. The summed E-state index contributed by atoms with van der Waals surface area (Å²) in [6, 6.07) is 4.95. The number of aromatic hydroxyl groups is 3. The number of ether oxygens (including phenoxy) is 3. The van der Waals surface area contributed by atoms with E-state index in [0.717, 1.165) is 6.07 Å². The molecule has 0 radical (unpaired) electrons. The van der Waals surface area contributed by atoms with E-state index < -0.39 is 107 Å². The maximum atomic E-state index is 13.5. The first-order valence-electron chi connectivity index (χ1n) is 12.8. The van der Waals surface area contributed by atoms with Crippen LogP contribution < -0.4 is 10.2 Å². The first-order chi connectivity index (χ1) is 19.9. The average Bonchev–Trinajstić information content (AvgIpc) is 2.96. The Morgan fingerprint density at radius 1 is 0.857 bits per heavy atom. The number of aliphatic hydroxyl groups is 7. The third kappa shape index (κ3) is 4.74. The van der Waals surface area contributed by atoms with Gasteiger partial charge in [0.2, 0.25) is 0 Å². The van der Waals surface area contributed by atoms with Gasteiger partial charge in [-0.05, 0) is 18.2 Å². The maximum Gasteiger partial charge on any atom is 0.197 e. The monoisotopic (exact) mass is 594 g/mol. The van der Waals surface area contributed by atoms with E-state index in [-0.39, 0.29) is 22.8 Å². The van der Waals surface area contributed by atoms with Gasteiger partial charge in [0.1, 0.15) is 77.6 Å². The molecule has 3 aromatic rings. The number of fused-ring (bicyclic) bond motifs is 1. The van der Waals surface area contributed by atoms with Crippen molar-refractivity contribution in [2.24, 2.45) is 0 Å². The molecule has 2 aliphatic heterocycles. The molecule has 2 saturated heterocycles. The molecule has 3 heterocycles. The first-order valence-corrected chi connectivity index (χ1v) is 12.8. The molecule has 15 nitrogen and oxygen atoms in total. The van der Waals surface area contributed by atoms with Crippen LogP contribution in [0.1, 0.15) is 23.3 Å². The molecule has 2 aromatic carbocycles. The zero-order valence-corrected chi connectivity index (χ0v) is 21.9. The summed E-state index contributed by atoms with van der Waals surface area (Å²) in [5.41, 5.74) is -2.39. The Labute approximate surface area is 236 Å². The SMILES string of the molecule is COc1cc(-c2cc(=O)c3c(O)c(C4OCC(O)C(O)C4O)c(O)c(C4OC(CO)C(O)C(O)C4O)c3o2)ccc1O. The minimum Gasteiger partial charge on any atom is -0.507 e. The van der Waals surface area contributed by atoms with Crippen LogP contribution in [0.5, 0.6) is 23.0 Å². The molecular weight excluding hydrogens is 564 g/mol. The van der Waals surface area contributed by atoms with Gasteiger partial charge >= 0.3 is 0 Å². The molecule has 42 heavy (non-hydrogen) atoms. The van der Waals surface area contributed by atoms with Crippen molar-refractivity contribution in [2.75, 3.05) is 20.3 Å². The van der Waals surface area contributed by atoms with Crippen molar-refractivity contribution in [2.45, 2.75) is 54.9 Å². The number of hydrogen-bond acceptors (Lipinski definition) is 15.